The van der Waals surface area contributed by atoms with Gasteiger partial charge in [-0.25, -0.2) is 0 Å². The first-order valence-electron chi connectivity index (χ1n) is 9.45. The molecule has 2 aromatic rings. The van der Waals surface area contributed by atoms with Crippen LogP contribution in [0.4, 0.5) is 0 Å². The number of carbonyl (C=O) groups excluding carboxylic acids is 3. The molecule has 0 bridgehead atoms. The van der Waals surface area contributed by atoms with E-state index >= 15 is 0 Å². The molecule has 1 unspecified atom stereocenters. The average Bonchev–Trinajstić information content (AvgIpc) is 2.68. The van der Waals surface area contributed by atoms with Crippen LogP contribution in [-0.2, 0) is 27.2 Å². The van der Waals surface area contributed by atoms with Crippen LogP contribution in [0.3, 0.4) is 0 Å². The second-order valence-corrected chi connectivity index (χ2v) is 6.68. The van der Waals surface area contributed by atoms with Gasteiger partial charge >= 0.3 is 0 Å². The third-order valence-corrected chi connectivity index (χ3v) is 4.51. The van der Waals surface area contributed by atoms with Gasteiger partial charge < -0.3 is 11.5 Å². The van der Waals surface area contributed by atoms with Crippen LogP contribution in [0.15, 0.2) is 60.7 Å². The molecular formula is C22H27N3O3. The standard InChI is InChI=1S/C22H27N3O3/c23-14-8-7-13-19(22(24)28)25(20(26)15-17-9-3-1-4-10-17)21(27)16-18-11-5-2-6-12-18/h1-6,9-12,19H,7-8,13-16,23H2,(H2,24,28). The Morgan fingerprint density at radius 2 is 1.25 bits per heavy atom. The maximum atomic E-state index is 13.0. The minimum Gasteiger partial charge on any atom is -0.368 e. The fraction of sp³-hybridized carbons (Fsp3) is 0.318. The number of hydrogen-bond acceptors (Lipinski definition) is 4. The Labute approximate surface area is 165 Å². The normalized spacial score (nSPS) is 11.6. The van der Waals surface area contributed by atoms with Crippen LogP contribution in [0.25, 0.3) is 0 Å². The first-order valence-corrected chi connectivity index (χ1v) is 9.45. The van der Waals surface area contributed by atoms with Crippen LogP contribution >= 0.6 is 0 Å². The first-order chi connectivity index (χ1) is 13.5. The first kappa shape index (κ1) is 21.3. The van der Waals surface area contributed by atoms with Crippen LogP contribution in [-0.4, -0.2) is 35.2 Å². The summed E-state index contributed by atoms with van der Waals surface area (Å²) >= 11 is 0. The van der Waals surface area contributed by atoms with Gasteiger partial charge in [-0.15, -0.1) is 0 Å². The Morgan fingerprint density at radius 3 is 1.64 bits per heavy atom. The average molecular weight is 381 g/mol. The monoisotopic (exact) mass is 381 g/mol. The van der Waals surface area contributed by atoms with E-state index in [1.807, 2.05) is 60.7 Å². The number of primary amides is 1. The lowest BCUT2D eigenvalue weighted by Crippen LogP contribution is -2.52. The molecule has 0 saturated heterocycles. The molecule has 0 aliphatic heterocycles. The van der Waals surface area contributed by atoms with Gasteiger partial charge in [-0.1, -0.05) is 60.7 Å². The van der Waals surface area contributed by atoms with Gasteiger partial charge in [0.15, 0.2) is 0 Å². The summed E-state index contributed by atoms with van der Waals surface area (Å²) in [5.74, 6) is -1.53. The summed E-state index contributed by atoms with van der Waals surface area (Å²) < 4.78 is 0. The molecule has 6 nitrogen and oxygen atoms in total. The molecule has 148 valence electrons. The molecule has 0 spiro atoms. The number of hydrogen-bond donors (Lipinski definition) is 2. The molecule has 1 atom stereocenters. The molecule has 3 amide bonds. The highest BCUT2D eigenvalue weighted by atomic mass is 16.2. The predicted octanol–water partition coefficient (Wildman–Crippen LogP) is 1.81. The molecule has 0 radical (unpaired) electrons. The zero-order chi connectivity index (χ0) is 20.4. The highest BCUT2D eigenvalue weighted by Crippen LogP contribution is 2.15. The van der Waals surface area contributed by atoms with E-state index in [4.69, 9.17) is 11.5 Å². The molecule has 0 saturated carbocycles. The van der Waals surface area contributed by atoms with Gasteiger partial charge in [0.1, 0.15) is 6.04 Å². The zero-order valence-electron chi connectivity index (χ0n) is 15.9. The Morgan fingerprint density at radius 1 is 0.786 bits per heavy atom. The van der Waals surface area contributed by atoms with Crippen LogP contribution in [0.1, 0.15) is 30.4 Å². The summed E-state index contributed by atoms with van der Waals surface area (Å²) in [6.45, 7) is 0.474. The van der Waals surface area contributed by atoms with Crippen molar-refractivity contribution < 1.29 is 14.4 Å². The lowest BCUT2D eigenvalue weighted by molar-refractivity contribution is -0.151. The van der Waals surface area contributed by atoms with E-state index in [-0.39, 0.29) is 12.8 Å². The molecule has 6 heteroatoms. The van der Waals surface area contributed by atoms with Crippen molar-refractivity contribution >= 4 is 17.7 Å². The molecule has 0 fully saturated rings. The number of rotatable bonds is 10. The Balaban J connectivity index is 2.25. The summed E-state index contributed by atoms with van der Waals surface area (Å²) in [5.41, 5.74) is 12.6. The maximum Gasteiger partial charge on any atom is 0.240 e. The fourth-order valence-electron chi connectivity index (χ4n) is 3.08. The maximum absolute atomic E-state index is 13.0. The van der Waals surface area contributed by atoms with Crippen LogP contribution in [0.5, 0.6) is 0 Å². The molecule has 0 aliphatic rings. The van der Waals surface area contributed by atoms with Crippen molar-refractivity contribution in [1.82, 2.24) is 4.90 Å². The molecule has 2 aromatic carbocycles. The van der Waals surface area contributed by atoms with Crippen molar-refractivity contribution in [2.24, 2.45) is 11.5 Å². The molecule has 2 rings (SSSR count). The number of amides is 3. The molecular weight excluding hydrogens is 354 g/mol. The van der Waals surface area contributed by atoms with E-state index in [9.17, 15) is 14.4 Å². The number of benzene rings is 2. The zero-order valence-corrected chi connectivity index (χ0v) is 15.9. The van der Waals surface area contributed by atoms with Gasteiger partial charge in [0, 0.05) is 0 Å². The second kappa shape index (κ2) is 11.0. The molecule has 0 aliphatic carbocycles. The second-order valence-electron chi connectivity index (χ2n) is 6.68. The van der Waals surface area contributed by atoms with Gasteiger partial charge in [-0.3, -0.25) is 19.3 Å². The van der Waals surface area contributed by atoms with Crippen molar-refractivity contribution in [2.45, 2.75) is 38.1 Å². The number of nitrogens with zero attached hydrogens (tertiary/aromatic N) is 1. The van der Waals surface area contributed by atoms with E-state index < -0.39 is 23.8 Å². The number of nitrogens with two attached hydrogens (primary N) is 2. The van der Waals surface area contributed by atoms with E-state index in [1.54, 1.807) is 0 Å². The molecule has 0 heterocycles. The minimum atomic E-state index is -0.973. The highest BCUT2D eigenvalue weighted by Gasteiger charge is 2.32. The predicted molar refractivity (Wildman–Crippen MR) is 108 cm³/mol. The third-order valence-electron chi connectivity index (χ3n) is 4.51. The summed E-state index contributed by atoms with van der Waals surface area (Å²) in [6, 6.07) is 17.3. The fourth-order valence-corrected chi connectivity index (χ4v) is 3.08. The third kappa shape index (κ3) is 6.32. The number of carbonyl (C=O) groups is 3. The van der Waals surface area contributed by atoms with Gasteiger partial charge in [0.05, 0.1) is 12.8 Å². The van der Waals surface area contributed by atoms with Crippen LogP contribution < -0.4 is 11.5 Å². The van der Waals surface area contributed by atoms with Crippen molar-refractivity contribution in [2.75, 3.05) is 6.54 Å². The molecule has 4 N–H and O–H groups in total. The van der Waals surface area contributed by atoms with E-state index in [2.05, 4.69) is 0 Å². The van der Waals surface area contributed by atoms with Crippen LogP contribution in [0, 0.1) is 0 Å². The van der Waals surface area contributed by atoms with Gasteiger partial charge in [0.25, 0.3) is 0 Å². The number of unbranched alkanes of at least 4 members (excludes halogenated alkanes) is 1. The minimum absolute atomic E-state index is 0.0298. The van der Waals surface area contributed by atoms with Gasteiger partial charge in [0.2, 0.25) is 17.7 Å². The summed E-state index contributed by atoms with van der Waals surface area (Å²) in [5, 5.41) is 0. The largest absolute Gasteiger partial charge is 0.368 e. The molecule has 0 aromatic heterocycles. The lowest BCUT2D eigenvalue weighted by Gasteiger charge is -2.28. The Bertz CT molecular complexity index is 725. The SMILES string of the molecule is NCCCCC(C(N)=O)N(C(=O)Cc1ccccc1)C(=O)Cc1ccccc1. The van der Waals surface area contributed by atoms with E-state index in [0.29, 0.717) is 25.8 Å². The van der Waals surface area contributed by atoms with Crippen molar-refractivity contribution in [3.05, 3.63) is 71.8 Å². The van der Waals surface area contributed by atoms with E-state index in [1.165, 1.54) is 0 Å². The lowest BCUT2D eigenvalue weighted by atomic mass is 10.0. The summed E-state index contributed by atoms with van der Waals surface area (Å²) in [6.07, 6.45) is 1.67. The Kier molecular flexibility index (Phi) is 8.37. The summed E-state index contributed by atoms with van der Waals surface area (Å²) in [7, 11) is 0. The van der Waals surface area contributed by atoms with Gasteiger partial charge in [-0.05, 0) is 36.9 Å². The Hall–Kier alpha value is -2.99. The van der Waals surface area contributed by atoms with Crippen molar-refractivity contribution in [3.63, 3.8) is 0 Å². The van der Waals surface area contributed by atoms with Gasteiger partial charge in [-0.2, -0.15) is 0 Å². The van der Waals surface area contributed by atoms with Crippen molar-refractivity contribution in [3.8, 4) is 0 Å². The smallest absolute Gasteiger partial charge is 0.240 e. The van der Waals surface area contributed by atoms with E-state index in [0.717, 1.165) is 16.0 Å². The summed E-state index contributed by atoms with van der Waals surface area (Å²) in [4.78, 5) is 39.1. The quantitative estimate of drug-likeness (QED) is 0.612. The highest BCUT2D eigenvalue weighted by molar-refractivity contribution is 6.01. The topological polar surface area (TPSA) is 106 Å². The number of imide groups is 1. The van der Waals surface area contributed by atoms with Crippen LogP contribution in [0.2, 0.25) is 0 Å². The van der Waals surface area contributed by atoms with Crippen molar-refractivity contribution in [1.29, 1.82) is 0 Å². The molecule has 28 heavy (non-hydrogen) atoms.